The van der Waals surface area contributed by atoms with Crippen molar-refractivity contribution in [3.8, 4) is 23.0 Å². The number of hydrogen-bond donors (Lipinski definition) is 4. The van der Waals surface area contributed by atoms with Crippen molar-refractivity contribution in [2.45, 2.75) is 92.9 Å². The second kappa shape index (κ2) is 26.3. The second-order valence-electron chi connectivity index (χ2n) is 15.2. The number of hydrogen-bond acceptors (Lipinski definition) is 8. The molecular formula is C50H66N4O8. The number of carbonyl (C=O) groups is 4. The van der Waals surface area contributed by atoms with Crippen LogP contribution in [0.2, 0.25) is 0 Å². The zero-order valence-corrected chi connectivity index (χ0v) is 37.5. The van der Waals surface area contributed by atoms with E-state index < -0.39 is 0 Å². The quantitative estimate of drug-likeness (QED) is 0.0503. The molecule has 0 spiro atoms. The number of aryl methyl sites for hydroxylation is 2. The molecule has 12 nitrogen and oxygen atoms in total. The SMILES string of the molecule is CCCNC(=O)COc1c(C)cccc1Cc1cccc(Cc2cccc(Cc3cccc(CC)c3OCC(=O)NCCC)c2OCC(=O)NCCC)c1OCC(=O)NCCC. The molecule has 0 aliphatic carbocycles. The van der Waals surface area contributed by atoms with Crippen molar-refractivity contribution in [3.63, 3.8) is 0 Å². The minimum atomic E-state index is -0.232. The topological polar surface area (TPSA) is 153 Å². The Morgan fingerprint density at radius 1 is 0.387 bits per heavy atom. The molecule has 0 atom stereocenters. The maximum Gasteiger partial charge on any atom is 0.257 e. The standard InChI is InChI=1S/C50H66N4O8/c1-7-24-51-43(55)31-59-47-35(6)16-12-18-37(47)28-39-20-14-22-41(49(39)61-33-45(57)53-26-9-3)30-42-23-15-21-40(50(42)62-34-46(58)54-27-10-4)29-38-19-13-17-36(11-5)48(38)60-32-44(56)52-25-8-2/h12-23H,7-11,24-34H2,1-6H3,(H,51,55)(H,52,56)(H,53,57)(H,54,58). The van der Waals surface area contributed by atoms with E-state index in [1.807, 2.05) is 114 Å². The fourth-order valence-corrected chi connectivity index (χ4v) is 6.93. The number of carbonyl (C=O) groups excluding carboxylic acids is 4. The molecular weight excluding hydrogens is 785 g/mol. The summed E-state index contributed by atoms with van der Waals surface area (Å²) in [5.74, 6) is 1.55. The maximum atomic E-state index is 13.0. The van der Waals surface area contributed by atoms with Crippen LogP contribution in [0.15, 0.2) is 72.8 Å². The van der Waals surface area contributed by atoms with Crippen molar-refractivity contribution < 1.29 is 38.1 Å². The highest BCUT2D eigenvalue weighted by Crippen LogP contribution is 2.36. The van der Waals surface area contributed by atoms with E-state index in [2.05, 4.69) is 21.3 Å². The fraction of sp³-hybridized carbons (Fsp3) is 0.440. The van der Waals surface area contributed by atoms with E-state index in [4.69, 9.17) is 18.9 Å². The van der Waals surface area contributed by atoms with Crippen LogP contribution in [0.1, 0.15) is 105 Å². The second-order valence-corrected chi connectivity index (χ2v) is 15.2. The number of nitrogens with one attached hydrogen (secondary N) is 4. The van der Waals surface area contributed by atoms with Gasteiger partial charge in [-0.3, -0.25) is 19.2 Å². The van der Waals surface area contributed by atoms with Crippen molar-refractivity contribution >= 4 is 23.6 Å². The third kappa shape index (κ3) is 15.1. The van der Waals surface area contributed by atoms with Crippen LogP contribution < -0.4 is 40.2 Å². The van der Waals surface area contributed by atoms with Gasteiger partial charge in [0, 0.05) is 45.4 Å². The predicted molar refractivity (Wildman–Crippen MR) is 243 cm³/mol. The Morgan fingerprint density at radius 2 is 0.645 bits per heavy atom. The highest BCUT2D eigenvalue weighted by molar-refractivity contribution is 5.79. The summed E-state index contributed by atoms with van der Waals surface area (Å²) in [6.45, 7) is 13.6. The van der Waals surface area contributed by atoms with Crippen LogP contribution in [0.4, 0.5) is 0 Å². The summed E-state index contributed by atoms with van der Waals surface area (Å²) in [5.41, 5.74) is 6.91. The summed E-state index contributed by atoms with van der Waals surface area (Å²) in [5, 5.41) is 11.6. The molecule has 0 bridgehead atoms. The third-order valence-corrected chi connectivity index (χ3v) is 10.0. The highest BCUT2D eigenvalue weighted by atomic mass is 16.5. The molecule has 334 valence electrons. The molecule has 0 unspecified atom stereocenters. The van der Waals surface area contributed by atoms with Crippen molar-refractivity contribution in [2.75, 3.05) is 52.6 Å². The first kappa shape index (κ1) is 48.6. The lowest BCUT2D eigenvalue weighted by Crippen LogP contribution is -2.30. The van der Waals surface area contributed by atoms with E-state index in [1.165, 1.54) is 0 Å². The Balaban J connectivity index is 1.77. The minimum Gasteiger partial charge on any atom is -0.483 e. The van der Waals surface area contributed by atoms with Crippen LogP contribution in [0.5, 0.6) is 23.0 Å². The van der Waals surface area contributed by atoms with E-state index in [9.17, 15) is 19.2 Å². The lowest BCUT2D eigenvalue weighted by Gasteiger charge is -2.21. The van der Waals surface area contributed by atoms with Crippen molar-refractivity contribution in [3.05, 3.63) is 117 Å². The molecule has 62 heavy (non-hydrogen) atoms. The Hall–Kier alpha value is -6.04. The van der Waals surface area contributed by atoms with Crippen LogP contribution in [0.25, 0.3) is 0 Å². The molecule has 0 aliphatic rings. The van der Waals surface area contributed by atoms with Crippen LogP contribution in [-0.2, 0) is 44.9 Å². The van der Waals surface area contributed by atoms with Crippen molar-refractivity contribution in [2.24, 2.45) is 0 Å². The van der Waals surface area contributed by atoms with Gasteiger partial charge in [0.15, 0.2) is 26.4 Å². The van der Waals surface area contributed by atoms with Gasteiger partial charge in [0.05, 0.1) is 0 Å². The molecule has 4 N–H and O–H groups in total. The largest absolute Gasteiger partial charge is 0.483 e. The molecule has 4 aromatic rings. The maximum absolute atomic E-state index is 13.0. The van der Waals surface area contributed by atoms with Gasteiger partial charge in [0.25, 0.3) is 23.6 Å². The number of benzene rings is 4. The van der Waals surface area contributed by atoms with E-state index in [0.29, 0.717) is 74.9 Å². The molecule has 0 saturated carbocycles. The summed E-state index contributed by atoms with van der Waals surface area (Å²) in [4.78, 5) is 51.0. The molecule has 0 aliphatic heterocycles. The van der Waals surface area contributed by atoms with Gasteiger partial charge in [-0.2, -0.15) is 0 Å². The summed E-state index contributed by atoms with van der Waals surface area (Å²) < 4.78 is 25.2. The van der Waals surface area contributed by atoms with Crippen LogP contribution in [0, 0.1) is 6.92 Å². The minimum absolute atomic E-state index is 0.106. The molecule has 12 heteroatoms. The summed E-state index contributed by atoms with van der Waals surface area (Å²) in [6, 6.07) is 23.7. The lowest BCUT2D eigenvalue weighted by atomic mass is 9.93. The number of para-hydroxylation sites is 4. The summed E-state index contributed by atoms with van der Waals surface area (Å²) >= 11 is 0. The van der Waals surface area contributed by atoms with Crippen LogP contribution in [0.3, 0.4) is 0 Å². The third-order valence-electron chi connectivity index (χ3n) is 10.0. The van der Waals surface area contributed by atoms with Gasteiger partial charge in [-0.1, -0.05) is 107 Å². The molecule has 0 radical (unpaired) electrons. The molecule has 0 aromatic heterocycles. The van der Waals surface area contributed by atoms with Gasteiger partial charge >= 0.3 is 0 Å². The first-order valence-corrected chi connectivity index (χ1v) is 22.1. The number of amides is 4. The molecule has 4 aromatic carbocycles. The van der Waals surface area contributed by atoms with Gasteiger partial charge in [-0.05, 0) is 83.5 Å². The first-order valence-electron chi connectivity index (χ1n) is 22.1. The van der Waals surface area contributed by atoms with Gasteiger partial charge in [-0.25, -0.2) is 0 Å². The summed E-state index contributed by atoms with van der Waals surface area (Å²) in [6.07, 6.45) is 5.11. The Morgan fingerprint density at radius 3 is 0.952 bits per heavy atom. The monoisotopic (exact) mass is 850 g/mol. The van der Waals surface area contributed by atoms with Crippen molar-refractivity contribution in [1.82, 2.24) is 21.3 Å². The molecule has 4 rings (SSSR count). The zero-order valence-electron chi connectivity index (χ0n) is 37.5. The lowest BCUT2D eigenvalue weighted by molar-refractivity contribution is -0.123. The van der Waals surface area contributed by atoms with E-state index >= 15 is 0 Å². The molecule has 0 heterocycles. The fourth-order valence-electron chi connectivity index (χ4n) is 6.93. The number of rotatable bonds is 27. The van der Waals surface area contributed by atoms with E-state index in [0.717, 1.165) is 70.2 Å². The highest BCUT2D eigenvalue weighted by Gasteiger charge is 2.21. The van der Waals surface area contributed by atoms with Gasteiger partial charge in [0.2, 0.25) is 0 Å². The number of ether oxygens (including phenoxy) is 4. The smallest absolute Gasteiger partial charge is 0.257 e. The Bertz CT molecular complexity index is 2080. The zero-order chi connectivity index (χ0) is 44.7. The average Bonchev–Trinajstić information content (AvgIpc) is 3.27. The first-order chi connectivity index (χ1) is 30.1. The van der Waals surface area contributed by atoms with Gasteiger partial charge < -0.3 is 40.2 Å². The van der Waals surface area contributed by atoms with Crippen LogP contribution in [-0.4, -0.2) is 76.2 Å². The molecule has 4 amide bonds. The Labute approximate surface area is 367 Å². The normalized spacial score (nSPS) is 10.7. The van der Waals surface area contributed by atoms with E-state index in [1.54, 1.807) is 0 Å². The molecule has 0 fully saturated rings. The van der Waals surface area contributed by atoms with Gasteiger partial charge in [0.1, 0.15) is 23.0 Å². The average molecular weight is 851 g/mol. The van der Waals surface area contributed by atoms with Crippen LogP contribution >= 0.6 is 0 Å². The predicted octanol–water partition coefficient (Wildman–Crippen LogP) is 6.95. The van der Waals surface area contributed by atoms with Gasteiger partial charge in [-0.15, -0.1) is 0 Å². The van der Waals surface area contributed by atoms with E-state index in [-0.39, 0.29) is 50.1 Å². The van der Waals surface area contributed by atoms with Crippen molar-refractivity contribution in [1.29, 1.82) is 0 Å². The summed E-state index contributed by atoms with van der Waals surface area (Å²) in [7, 11) is 0. The molecule has 0 saturated heterocycles. The Kier molecular flexibility index (Phi) is 20.6.